The van der Waals surface area contributed by atoms with E-state index in [1.807, 2.05) is 0 Å². The normalized spacial score (nSPS) is 13.8. The van der Waals surface area contributed by atoms with Crippen molar-refractivity contribution in [1.82, 2.24) is 0 Å². The van der Waals surface area contributed by atoms with Crippen LogP contribution in [0.3, 0.4) is 0 Å². The average Bonchev–Trinajstić information content (AvgIpc) is 1.61. The van der Waals surface area contributed by atoms with Gasteiger partial charge in [-0.3, -0.25) is 0 Å². The largest absolute Gasteiger partial charge is 0.453 e. The van der Waals surface area contributed by atoms with Gasteiger partial charge in [-0.15, -0.1) is 0 Å². The lowest BCUT2D eigenvalue weighted by atomic mass is 10.2. The Balaban J connectivity index is 4.10. The lowest BCUT2D eigenvalue weighted by Crippen LogP contribution is -2.36. The molecule has 10 heavy (non-hydrogen) atoms. The molecule has 0 aliphatic carbocycles. The van der Waals surface area contributed by atoms with Crippen LogP contribution in [0, 0.1) is 6.42 Å². The zero-order valence-corrected chi connectivity index (χ0v) is 5.17. The fourth-order valence-corrected chi connectivity index (χ4v) is 0.372. The van der Waals surface area contributed by atoms with Gasteiger partial charge in [-0.05, 0) is 6.42 Å². The first-order valence-electron chi connectivity index (χ1n) is 2.53. The Labute approximate surface area is 55.0 Å². The van der Waals surface area contributed by atoms with Gasteiger partial charge < -0.3 is 0 Å². The molecular formula is C5H6F5. The van der Waals surface area contributed by atoms with Gasteiger partial charge in [-0.2, -0.15) is 22.0 Å². The van der Waals surface area contributed by atoms with Crippen LogP contribution in [0.4, 0.5) is 22.0 Å². The molecule has 0 rings (SSSR count). The molecule has 0 bridgehead atoms. The van der Waals surface area contributed by atoms with Gasteiger partial charge in [0.15, 0.2) is 0 Å². The van der Waals surface area contributed by atoms with Crippen molar-refractivity contribution >= 4 is 0 Å². The summed E-state index contributed by atoms with van der Waals surface area (Å²) in [5.74, 6) is -4.57. The second-order valence-electron chi connectivity index (χ2n) is 1.81. The van der Waals surface area contributed by atoms with Crippen LogP contribution in [0.2, 0.25) is 0 Å². The molecule has 0 amide bonds. The number of hydrogen-bond donors (Lipinski definition) is 0. The Morgan fingerprint density at radius 2 is 1.50 bits per heavy atom. The van der Waals surface area contributed by atoms with Crippen molar-refractivity contribution in [3.8, 4) is 0 Å². The summed E-state index contributed by atoms with van der Waals surface area (Å²) in [4.78, 5) is 0. The highest BCUT2D eigenvalue weighted by atomic mass is 19.4. The molecule has 1 radical (unpaired) electrons. The second kappa shape index (κ2) is 2.72. The van der Waals surface area contributed by atoms with Crippen molar-refractivity contribution in [3.63, 3.8) is 0 Å². The van der Waals surface area contributed by atoms with E-state index in [9.17, 15) is 22.0 Å². The van der Waals surface area contributed by atoms with Gasteiger partial charge in [0.25, 0.3) is 0 Å². The Morgan fingerprint density at radius 3 is 1.60 bits per heavy atom. The zero-order chi connectivity index (χ0) is 8.41. The van der Waals surface area contributed by atoms with E-state index in [1.165, 1.54) is 0 Å². The van der Waals surface area contributed by atoms with Gasteiger partial charge >= 0.3 is 12.1 Å². The van der Waals surface area contributed by atoms with Crippen molar-refractivity contribution in [1.29, 1.82) is 0 Å². The summed E-state index contributed by atoms with van der Waals surface area (Å²) in [5.41, 5.74) is 0. The highest BCUT2D eigenvalue weighted by molar-refractivity contribution is 4.80. The van der Waals surface area contributed by atoms with E-state index in [4.69, 9.17) is 0 Å². The van der Waals surface area contributed by atoms with E-state index < -0.39 is 18.5 Å². The Kier molecular flexibility index (Phi) is 2.62. The summed E-state index contributed by atoms with van der Waals surface area (Å²) in [6, 6.07) is 0. The maximum absolute atomic E-state index is 11.8. The molecule has 0 aromatic heterocycles. The summed E-state index contributed by atoms with van der Waals surface area (Å²) in [7, 11) is 0. The lowest BCUT2D eigenvalue weighted by Gasteiger charge is -2.17. The van der Waals surface area contributed by atoms with Crippen LogP contribution < -0.4 is 0 Å². The van der Waals surface area contributed by atoms with Crippen LogP contribution >= 0.6 is 0 Å². The molecule has 0 aliphatic rings. The SMILES string of the molecule is C[CH]CC(F)(F)C(F)(F)F. The minimum absolute atomic E-state index is 0.785. The molecule has 0 aliphatic heterocycles. The van der Waals surface area contributed by atoms with Gasteiger partial charge in [0.1, 0.15) is 0 Å². The first-order chi connectivity index (χ1) is 4.31. The molecular weight excluding hydrogens is 155 g/mol. The standard InChI is InChI=1S/C5H6F5/c1-2-3-4(6,7)5(8,9)10/h2H,3H2,1H3. The third-order valence-corrected chi connectivity index (χ3v) is 0.875. The Bertz CT molecular complexity index is 103. The molecule has 5 heteroatoms. The molecule has 0 heterocycles. The van der Waals surface area contributed by atoms with Crippen LogP contribution in [0.1, 0.15) is 13.3 Å². The van der Waals surface area contributed by atoms with Gasteiger partial charge in [-0.25, -0.2) is 0 Å². The minimum Gasteiger partial charge on any atom is -0.196 e. The van der Waals surface area contributed by atoms with Crippen molar-refractivity contribution < 1.29 is 22.0 Å². The van der Waals surface area contributed by atoms with Crippen molar-refractivity contribution in [2.45, 2.75) is 25.4 Å². The molecule has 0 nitrogen and oxygen atoms in total. The summed E-state index contributed by atoms with van der Waals surface area (Å²) >= 11 is 0. The lowest BCUT2D eigenvalue weighted by molar-refractivity contribution is -0.281. The maximum Gasteiger partial charge on any atom is 0.453 e. The number of halogens is 5. The van der Waals surface area contributed by atoms with E-state index in [-0.39, 0.29) is 0 Å². The molecule has 0 aromatic carbocycles. The van der Waals surface area contributed by atoms with Crippen LogP contribution in [0.15, 0.2) is 0 Å². The highest BCUT2D eigenvalue weighted by Crippen LogP contribution is 2.38. The summed E-state index contributed by atoms with van der Waals surface area (Å²) in [5, 5.41) is 0. The molecule has 0 fully saturated rings. The number of alkyl halides is 5. The van der Waals surface area contributed by atoms with Crippen molar-refractivity contribution in [3.05, 3.63) is 6.42 Å². The first kappa shape index (κ1) is 9.65. The van der Waals surface area contributed by atoms with E-state index in [0.717, 1.165) is 13.3 Å². The van der Waals surface area contributed by atoms with Gasteiger partial charge in [0, 0.05) is 6.42 Å². The molecule has 0 aromatic rings. The highest BCUT2D eigenvalue weighted by Gasteiger charge is 2.56. The third-order valence-electron chi connectivity index (χ3n) is 0.875. The first-order valence-corrected chi connectivity index (χ1v) is 2.53. The van der Waals surface area contributed by atoms with Gasteiger partial charge in [-0.1, -0.05) is 6.92 Å². The van der Waals surface area contributed by atoms with Crippen molar-refractivity contribution in [2.24, 2.45) is 0 Å². The van der Waals surface area contributed by atoms with E-state index in [2.05, 4.69) is 0 Å². The minimum atomic E-state index is -5.42. The fourth-order valence-electron chi connectivity index (χ4n) is 0.372. The third kappa shape index (κ3) is 2.11. The summed E-state index contributed by atoms with van der Waals surface area (Å²) in [6.45, 7) is 1.15. The van der Waals surface area contributed by atoms with E-state index >= 15 is 0 Å². The second-order valence-corrected chi connectivity index (χ2v) is 1.81. The predicted octanol–water partition coefficient (Wildman–Crippen LogP) is 2.80. The number of hydrogen-bond acceptors (Lipinski definition) is 0. The molecule has 0 saturated heterocycles. The molecule has 0 unspecified atom stereocenters. The summed E-state index contributed by atoms with van der Waals surface area (Å²) in [6.07, 6.45) is -5.89. The molecule has 61 valence electrons. The topological polar surface area (TPSA) is 0 Å². The smallest absolute Gasteiger partial charge is 0.196 e. The van der Waals surface area contributed by atoms with E-state index in [0.29, 0.717) is 0 Å². The zero-order valence-electron chi connectivity index (χ0n) is 5.17. The predicted molar refractivity (Wildman–Crippen MR) is 25.6 cm³/mol. The van der Waals surface area contributed by atoms with Crippen LogP contribution in [-0.2, 0) is 0 Å². The van der Waals surface area contributed by atoms with Gasteiger partial charge in [0.2, 0.25) is 0 Å². The van der Waals surface area contributed by atoms with E-state index in [1.54, 1.807) is 0 Å². The average molecular weight is 161 g/mol. The van der Waals surface area contributed by atoms with Crippen LogP contribution in [0.25, 0.3) is 0 Å². The van der Waals surface area contributed by atoms with Crippen LogP contribution in [0.5, 0.6) is 0 Å². The quantitative estimate of drug-likeness (QED) is 0.546. The fraction of sp³-hybridized carbons (Fsp3) is 0.800. The Morgan fingerprint density at radius 1 is 1.10 bits per heavy atom. The Hall–Kier alpha value is -0.350. The molecule has 0 saturated carbocycles. The number of rotatable bonds is 2. The van der Waals surface area contributed by atoms with Crippen molar-refractivity contribution in [2.75, 3.05) is 0 Å². The molecule has 0 N–H and O–H groups in total. The monoisotopic (exact) mass is 161 g/mol. The molecule has 0 spiro atoms. The summed E-state index contributed by atoms with van der Waals surface area (Å²) < 4.78 is 57.3. The van der Waals surface area contributed by atoms with Crippen LogP contribution in [-0.4, -0.2) is 12.1 Å². The van der Waals surface area contributed by atoms with Gasteiger partial charge in [0.05, 0.1) is 0 Å². The molecule has 0 atom stereocenters. The maximum atomic E-state index is 11.8.